The molecule has 1 aliphatic carbocycles. The Balaban J connectivity index is 2.57. The zero-order valence-electron chi connectivity index (χ0n) is 8.13. The highest BCUT2D eigenvalue weighted by molar-refractivity contribution is 5.98. The number of rotatable bonds is 0. The van der Waals surface area contributed by atoms with E-state index in [-0.39, 0.29) is 0 Å². The van der Waals surface area contributed by atoms with Gasteiger partial charge in [-0.3, -0.25) is 4.79 Å². The van der Waals surface area contributed by atoms with Crippen molar-refractivity contribution in [3.05, 3.63) is 34.9 Å². The summed E-state index contributed by atoms with van der Waals surface area (Å²) in [6.07, 6.45) is 1.73. The van der Waals surface area contributed by atoms with Crippen molar-refractivity contribution >= 4 is 5.78 Å². The predicted molar refractivity (Wildman–Crippen MR) is 53.2 cm³/mol. The molecule has 2 rings (SSSR count). The minimum absolute atomic E-state index is 0.316. The smallest absolute Gasteiger partial charge is 0.163 e. The van der Waals surface area contributed by atoms with E-state index in [9.17, 15) is 4.79 Å². The fraction of sp³-hybridized carbons (Fsp3) is 0.417. The zero-order chi connectivity index (χ0) is 9.42. The third-order valence-electron chi connectivity index (χ3n) is 2.84. The number of hydrogen-bond donors (Lipinski definition) is 0. The Labute approximate surface area is 78.8 Å². The van der Waals surface area contributed by atoms with Gasteiger partial charge in [0.05, 0.1) is 0 Å². The molecule has 1 heteroatoms. The molecular formula is C12H14O. The summed E-state index contributed by atoms with van der Waals surface area (Å²) >= 11 is 0. The van der Waals surface area contributed by atoms with Crippen molar-refractivity contribution in [3.8, 4) is 0 Å². The molecule has 0 bridgehead atoms. The number of aryl methyl sites for hydroxylation is 1. The first-order valence-corrected chi connectivity index (χ1v) is 4.82. The lowest BCUT2D eigenvalue weighted by atomic mass is 9.82. The minimum atomic E-state index is 0.316. The average Bonchev–Trinajstić information content (AvgIpc) is 2.12. The van der Waals surface area contributed by atoms with Crippen molar-refractivity contribution in [2.75, 3.05) is 0 Å². The van der Waals surface area contributed by atoms with E-state index in [0.29, 0.717) is 11.7 Å². The third kappa shape index (κ3) is 1.39. The SMILES string of the molecule is Cc1ccc2c(c1)C(=O)CC[C@@H]2C. The highest BCUT2D eigenvalue weighted by atomic mass is 16.1. The van der Waals surface area contributed by atoms with E-state index in [1.54, 1.807) is 0 Å². The molecule has 0 spiro atoms. The summed E-state index contributed by atoms with van der Waals surface area (Å²) < 4.78 is 0. The molecule has 68 valence electrons. The fourth-order valence-electron chi connectivity index (χ4n) is 1.98. The van der Waals surface area contributed by atoms with Crippen molar-refractivity contribution in [3.63, 3.8) is 0 Å². The number of hydrogen-bond acceptors (Lipinski definition) is 1. The molecule has 0 saturated carbocycles. The van der Waals surface area contributed by atoms with E-state index in [4.69, 9.17) is 0 Å². The van der Waals surface area contributed by atoms with Gasteiger partial charge in [-0.05, 0) is 30.9 Å². The van der Waals surface area contributed by atoms with Gasteiger partial charge in [-0.2, -0.15) is 0 Å². The summed E-state index contributed by atoms with van der Waals surface area (Å²) in [5.41, 5.74) is 3.38. The molecular weight excluding hydrogens is 160 g/mol. The molecule has 0 N–H and O–H groups in total. The number of Topliss-reactive ketones (excluding diaryl/α,β-unsaturated/α-hetero) is 1. The molecule has 0 unspecified atom stereocenters. The van der Waals surface area contributed by atoms with Crippen LogP contribution in [0.2, 0.25) is 0 Å². The van der Waals surface area contributed by atoms with Gasteiger partial charge < -0.3 is 0 Å². The standard InChI is InChI=1S/C12H14O/c1-8-3-5-10-9(2)4-6-12(13)11(10)7-8/h3,5,7,9H,4,6H2,1-2H3/t9-/m0/s1. The van der Waals surface area contributed by atoms with Crippen LogP contribution >= 0.6 is 0 Å². The quantitative estimate of drug-likeness (QED) is 0.590. The second-order valence-electron chi connectivity index (χ2n) is 3.95. The van der Waals surface area contributed by atoms with Crippen molar-refractivity contribution in [1.29, 1.82) is 0 Å². The first-order chi connectivity index (χ1) is 6.18. The van der Waals surface area contributed by atoms with Gasteiger partial charge >= 0.3 is 0 Å². The maximum Gasteiger partial charge on any atom is 0.163 e. The van der Waals surface area contributed by atoms with Gasteiger partial charge in [0.15, 0.2) is 5.78 Å². The molecule has 0 aliphatic heterocycles. The van der Waals surface area contributed by atoms with Gasteiger partial charge in [-0.1, -0.05) is 24.6 Å². The van der Waals surface area contributed by atoms with Crippen LogP contribution in [0.15, 0.2) is 18.2 Å². The predicted octanol–water partition coefficient (Wildman–Crippen LogP) is 3.08. The summed E-state index contributed by atoms with van der Waals surface area (Å²) in [6, 6.07) is 6.22. The first-order valence-electron chi connectivity index (χ1n) is 4.82. The van der Waals surface area contributed by atoms with E-state index < -0.39 is 0 Å². The van der Waals surface area contributed by atoms with Gasteiger partial charge in [-0.15, -0.1) is 0 Å². The molecule has 0 radical (unpaired) electrons. The molecule has 0 saturated heterocycles. The summed E-state index contributed by atoms with van der Waals surface area (Å²) in [5.74, 6) is 0.866. The second-order valence-corrected chi connectivity index (χ2v) is 3.95. The molecule has 0 amide bonds. The molecule has 1 atom stereocenters. The summed E-state index contributed by atoms with van der Waals surface area (Å²) in [4.78, 5) is 11.6. The van der Waals surface area contributed by atoms with Gasteiger partial charge in [0.1, 0.15) is 0 Å². The average molecular weight is 174 g/mol. The Morgan fingerprint density at radius 2 is 2.15 bits per heavy atom. The fourth-order valence-corrected chi connectivity index (χ4v) is 1.98. The Morgan fingerprint density at radius 3 is 2.92 bits per heavy atom. The lowest BCUT2D eigenvalue weighted by Crippen LogP contribution is -2.13. The maximum absolute atomic E-state index is 11.6. The van der Waals surface area contributed by atoms with Crippen LogP contribution in [0.1, 0.15) is 47.2 Å². The zero-order valence-corrected chi connectivity index (χ0v) is 8.13. The molecule has 0 heterocycles. The molecule has 1 aromatic carbocycles. The van der Waals surface area contributed by atoms with Crippen molar-refractivity contribution in [1.82, 2.24) is 0 Å². The number of fused-ring (bicyclic) bond motifs is 1. The molecule has 0 fully saturated rings. The summed E-state index contributed by atoms with van der Waals surface area (Å²) in [7, 11) is 0. The molecule has 0 aromatic heterocycles. The highest BCUT2D eigenvalue weighted by Gasteiger charge is 2.21. The largest absolute Gasteiger partial charge is 0.294 e. The number of ketones is 1. The van der Waals surface area contributed by atoms with Crippen LogP contribution in [-0.2, 0) is 0 Å². The van der Waals surface area contributed by atoms with Crippen LogP contribution in [-0.4, -0.2) is 5.78 Å². The van der Waals surface area contributed by atoms with Crippen LogP contribution in [0, 0.1) is 6.92 Å². The van der Waals surface area contributed by atoms with Gasteiger partial charge in [0.25, 0.3) is 0 Å². The molecule has 1 aromatic rings. The summed E-state index contributed by atoms with van der Waals surface area (Å²) in [6.45, 7) is 4.23. The van der Waals surface area contributed by atoms with Crippen LogP contribution in [0.5, 0.6) is 0 Å². The van der Waals surface area contributed by atoms with E-state index in [2.05, 4.69) is 19.1 Å². The van der Waals surface area contributed by atoms with Crippen LogP contribution in [0.3, 0.4) is 0 Å². The number of carbonyl (C=O) groups is 1. The Kier molecular flexibility index (Phi) is 1.95. The van der Waals surface area contributed by atoms with E-state index >= 15 is 0 Å². The van der Waals surface area contributed by atoms with E-state index in [1.807, 2.05) is 13.0 Å². The number of carbonyl (C=O) groups excluding carboxylic acids is 1. The Hall–Kier alpha value is -1.11. The second kappa shape index (κ2) is 2.99. The first kappa shape index (κ1) is 8.49. The molecule has 1 nitrogen and oxygen atoms in total. The Bertz CT molecular complexity index is 352. The lowest BCUT2D eigenvalue weighted by Gasteiger charge is -2.21. The topological polar surface area (TPSA) is 17.1 Å². The number of benzene rings is 1. The van der Waals surface area contributed by atoms with Crippen molar-refractivity contribution < 1.29 is 4.79 Å². The van der Waals surface area contributed by atoms with Gasteiger partial charge in [0, 0.05) is 12.0 Å². The van der Waals surface area contributed by atoms with Crippen LogP contribution in [0.25, 0.3) is 0 Å². The Morgan fingerprint density at radius 1 is 1.38 bits per heavy atom. The summed E-state index contributed by atoms with van der Waals surface area (Å²) in [5, 5.41) is 0. The van der Waals surface area contributed by atoms with Crippen LogP contribution < -0.4 is 0 Å². The van der Waals surface area contributed by atoms with Crippen molar-refractivity contribution in [2.24, 2.45) is 0 Å². The van der Waals surface area contributed by atoms with Gasteiger partial charge in [-0.25, -0.2) is 0 Å². The monoisotopic (exact) mass is 174 g/mol. The minimum Gasteiger partial charge on any atom is -0.294 e. The normalized spacial score (nSPS) is 21.4. The van der Waals surface area contributed by atoms with Crippen molar-refractivity contribution in [2.45, 2.75) is 32.6 Å². The molecule has 1 aliphatic rings. The lowest BCUT2D eigenvalue weighted by molar-refractivity contribution is 0.0968. The van der Waals surface area contributed by atoms with Gasteiger partial charge in [0.2, 0.25) is 0 Å². The molecule has 13 heavy (non-hydrogen) atoms. The maximum atomic E-state index is 11.6. The highest BCUT2D eigenvalue weighted by Crippen LogP contribution is 2.31. The van der Waals surface area contributed by atoms with Crippen LogP contribution in [0.4, 0.5) is 0 Å². The van der Waals surface area contributed by atoms with E-state index in [1.165, 1.54) is 11.1 Å². The third-order valence-corrected chi connectivity index (χ3v) is 2.84. The van der Waals surface area contributed by atoms with E-state index in [0.717, 1.165) is 18.4 Å².